The van der Waals surface area contributed by atoms with Crippen molar-refractivity contribution in [1.82, 2.24) is 5.32 Å². The van der Waals surface area contributed by atoms with Crippen LogP contribution in [0.2, 0.25) is 0 Å². The molecule has 0 spiro atoms. The van der Waals surface area contributed by atoms with Crippen LogP contribution < -0.4 is 19.5 Å². The molecule has 0 unspecified atom stereocenters. The molecule has 0 heterocycles. The number of rotatable bonds is 9. The number of benzene rings is 2. The Labute approximate surface area is 144 Å². The summed E-state index contributed by atoms with van der Waals surface area (Å²) in [5, 5.41) is 3.44. The van der Waals surface area contributed by atoms with Crippen molar-refractivity contribution in [3.63, 3.8) is 0 Å². The van der Waals surface area contributed by atoms with Gasteiger partial charge in [0.25, 0.3) is 0 Å². The van der Waals surface area contributed by atoms with Gasteiger partial charge in [-0.15, -0.1) is 0 Å². The first-order chi connectivity index (χ1) is 11.6. The van der Waals surface area contributed by atoms with Crippen LogP contribution in [0.25, 0.3) is 0 Å². The van der Waals surface area contributed by atoms with E-state index in [0.29, 0.717) is 12.5 Å². The predicted octanol–water partition coefficient (Wildman–Crippen LogP) is 4.03. The fourth-order valence-corrected chi connectivity index (χ4v) is 2.29. The lowest BCUT2D eigenvalue weighted by Crippen LogP contribution is -2.13. The summed E-state index contributed by atoms with van der Waals surface area (Å²) in [6.07, 6.45) is 0. The molecule has 1 N–H and O–H groups in total. The summed E-state index contributed by atoms with van der Waals surface area (Å²) in [6.45, 7) is 6.52. The van der Waals surface area contributed by atoms with E-state index in [4.69, 9.17) is 14.2 Å². The first-order valence-corrected chi connectivity index (χ1v) is 8.25. The van der Waals surface area contributed by atoms with Gasteiger partial charge in [0.1, 0.15) is 5.75 Å². The van der Waals surface area contributed by atoms with Gasteiger partial charge in [-0.3, -0.25) is 0 Å². The zero-order valence-corrected chi connectivity index (χ0v) is 15.0. The molecule has 0 saturated carbocycles. The maximum absolute atomic E-state index is 5.78. The van der Waals surface area contributed by atoms with E-state index in [0.717, 1.165) is 35.9 Å². The number of ether oxygens (including phenoxy) is 3. The molecule has 0 radical (unpaired) electrons. The largest absolute Gasteiger partial charge is 0.497 e. The minimum Gasteiger partial charge on any atom is -0.497 e. The summed E-state index contributed by atoms with van der Waals surface area (Å²) in [5.74, 6) is 2.94. The summed E-state index contributed by atoms with van der Waals surface area (Å²) in [6, 6.07) is 14.1. The SMILES string of the molecule is COc1ccc(CNCc2ccc(OCC(C)C)c(OC)c2)cc1. The third-order valence-electron chi connectivity index (χ3n) is 3.62. The third kappa shape index (κ3) is 5.46. The Kier molecular flexibility index (Phi) is 6.94. The van der Waals surface area contributed by atoms with Crippen LogP contribution in [0, 0.1) is 5.92 Å². The molecule has 0 aromatic heterocycles. The topological polar surface area (TPSA) is 39.7 Å². The summed E-state index contributed by atoms with van der Waals surface area (Å²) in [7, 11) is 3.35. The van der Waals surface area contributed by atoms with Gasteiger partial charge in [-0.2, -0.15) is 0 Å². The molecule has 0 aliphatic rings. The van der Waals surface area contributed by atoms with E-state index in [1.807, 2.05) is 24.3 Å². The standard InChI is InChI=1S/C20H27NO3/c1-15(2)14-24-19-10-7-17(11-20(19)23-4)13-21-12-16-5-8-18(22-3)9-6-16/h5-11,15,21H,12-14H2,1-4H3. The zero-order valence-electron chi connectivity index (χ0n) is 15.0. The Hall–Kier alpha value is -2.20. The smallest absolute Gasteiger partial charge is 0.161 e. The molecule has 4 nitrogen and oxygen atoms in total. The van der Waals surface area contributed by atoms with Crippen molar-refractivity contribution in [3.8, 4) is 17.2 Å². The molecule has 0 amide bonds. The maximum Gasteiger partial charge on any atom is 0.161 e. The Balaban J connectivity index is 1.89. The van der Waals surface area contributed by atoms with Gasteiger partial charge < -0.3 is 19.5 Å². The Morgan fingerprint density at radius 1 is 0.833 bits per heavy atom. The van der Waals surface area contributed by atoms with Gasteiger partial charge in [-0.05, 0) is 41.3 Å². The fraction of sp³-hybridized carbons (Fsp3) is 0.400. The second-order valence-corrected chi connectivity index (χ2v) is 6.14. The van der Waals surface area contributed by atoms with Crippen molar-refractivity contribution in [1.29, 1.82) is 0 Å². The number of methoxy groups -OCH3 is 2. The van der Waals surface area contributed by atoms with E-state index in [1.54, 1.807) is 14.2 Å². The Morgan fingerprint density at radius 3 is 2.12 bits per heavy atom. The molecule has 4 heteroatoms. The van der Waals surface area contributed by atoms with Crippen molar-refractivity contribution in [2.45, 2.75) is 26.9 Å². The quantitative estimate of drug-likeness (QED) is 0.754. The highest BCUT2D eigenvalue weighted by molar-refractivity contribution is 5.43. The first kappa shape index (κ1) is 18.1. The van der Waals surface area contributed by atoms with E-state index in [1.165, 1.54) is 5.56 Å². The molecule has 0 aliphatic heterocycles. The second kappa shape index (κ2) is 9.18. The van der Waals surface area contributed by atoms with Gasteiger partial charge in [-0.25, -0.2) is 0 Å². The highest BCUT2D eigenvalue weighted by Crippen LogP contribution is 2.28. The molecule has 0 fully saturated rings. The molecular weight excluding hydrogens is 302 g/mol. The summed E-state index contributed by atoms with van der Waals surface area (Å²) in [5.41, 5.74) is 2.39. The van der Waals surface area contributed by atoms with Crippen molar-refractivity contribution in [3.05, 3.63) is 53.6 Å². The monoisotopic (exact) mass is 329 g/mol. The number of hydrogen-bond donors (Lipinski definition) is 1. The van der Waals surface area contributed by atoms with Crippen molar-refractivity contribution >= 4 is 0 Å². The van der Waals surface area contributed by atoms with Crippen LogP contribution in [-0.2, 0) is 13.1 Å². The lowest BCUT2D eigenvalue weighted by molar-refractivity contribution is 0.256. The first-order valence-electron chi connectivity index (χ1n) is 8.25. The molecule has 0 saturated heterocycles. The number of hydrogen-bond acceptors (Lipinski definition) is 4. The number of nitrogens with one attached hydrogen (secondary N) is 1. The van der Waals surface area contributed by atoms with Gasteiger partial charge in [-0.1, -0.05) is 32.0 Å². The summed E-state index contributed by atoms with van der Waals surface area (Å²) in [4.78, 5) is 0. The van der Waals surface area contributed by atoms with E-state index in [9.17, 15) is 0 Å². The molecule has 130 valence electrons. The van der Waals surface area contributed by atoms with Gasteiger partial charge in [0.05, 0.1) is 20.8 Å². The highest BCUT2D eigenvalue weighted by Gasteiger charge is 2.07. The van der Waals surface area contributed by atoms with Crippen molar-refractivity contribution < 1.29 is 14.2 Å². The van der Waals surface area contributed by atoms with Crippen LogP contribution in [0.5, 0.6) is 17.2 Å². The van der Waals surface area contributed by atoms with Gasteiger partial charge in [0.15, 0.2) is 11.5 Å². The zero-order chi connectivity index (χ0) is 17.4. The minimum atomic E-state index is 0.487. The van der Waals surface area contributed by atoms with Gasteiger partial charge >= 0.3 is 0 Å². The average Bonchev–Trinajstić information content (AvgIpc) is 2.61. The molecule has 0 atom stereocenters. The van der Waals surface area contributed by atoms with E-state index in [2.05, 4.69) is 37.4 Å². The maximum atomic E-state index is 5.78. The minimum absolute atomic E-state index is 0.487. The van der Waals surface area contributed by atoms with Crippen LogP contribution in [0.15, 0.2) is 42.5 Å². The molecule has 24 heavy (non-hydrogen) atoms. The molecule has 2 aromatic carbocycles. The Bertz CT molecular complexity index is 623. The van der Waals surface area contributed by atoms with Crippen LogP contribution in [0.1, 0.15) is 25.0 Å². The van der Waals surface area contributed by atoms with Crippen LogP contribution >= 0.6 is 0 Å². The average molecular weight is 329 g/mol. The summed E-state index contributed by atoms with van der Waals surface area (Å²) >= 11 is 0. The lowest BCUT2D eigenvalue weighted by Gasteiger charge is -2.14. The molecular formula is C20H27NO3. The van der Waals surface area contributed by atoms with Crippen molar-refractivity contribution in [2.24, 2.45) is 5.92 Å². The van der Waals surface area contributed by atoms with Crippen LogP contribution in [0.4, 0.5) is 0 Å². The lowest BCUT2D eigenvalue weighted by atomic mass is 10.1. The second-order valence-electron chi connectivity index (χ2n) is 6.14. The molecule has 2 rings (SSSR count). The van der Waals surface area contributed by atoms with E-state index < -0.39 is 0 Å². The van der Waals surface area contributed by atoms with Crippen molar-refractivity contribution in [2.75, 3.05) is 20.8 Å². The fourth-order valence-electron chi connectivity index (χ4n) is 2.29. The predicted molar refractivity (Wildman–Crippen MR) is 96.9 cm³/mol. The summed E-state index contributed by atoms with van der Waals surface area (Å²) < 4.78 is 16.4. The van der Waals surface area contributed by atoms with Crippen LogP contribution in [0.3, 0.4) is 0 Å². The highest BCUT2D eigenvalue weighted by atomic mass is 16.5. The molecule has 0 bridgehead atoms. The van der Waals surface area contributed by atoms with E-state index in [-0.39, 0.29) is 0 Å². The van der Waals surface area contributed by atoms with Gasteiger partial charge in [0, 0.05) is 13.1 Å². The third-order valence-corrected chi connectivity index (χ3v) is 3.62. The molecule has 0 aliphatic carbocycles. The van der Waals surface area contributed by atoms with Gasteiger partial charge in [0.2, 0.25) is 0 Å². The normalized spacial score (nSPS) is 10.7. The molecule has 2 aromatic rings. The Morgan fingerprint density at radius 2 is 1.50 bits per heavy atom. The van der Waals surface area contributed by atoms with Crippen LogP contribution in [-0.4, -0.2) is 20.8 Å². The van der Waals surface area contributed by atoms with E-state index >= 15 is 0 Å².